The molecule has 3 fully saturated rings. The van der Waals surface area contributed by atoms with Gasteiger partial charge in [-0.3, -0.25) is 29.5 Å². The lowest BCUT2D eigenvalue weighted by molar-refractivity contribution is -0.136. The Labute approximate surface area is 373 Å². The number of hydrogen-bond donors (Lipinski definition) is 5. The maximum Gasteiger partial charge on any atom is 0.255 e. The van der Waals surface area contributed by atoms with Crippen molar-refractivity contribution in [3.05, 3.63) is 124 Å². The summed E-state index contributed by atoms with van der Waals surface area (Å²) < 4.78 is 14.9. The number of carbonyl (C=O) groups excluding carboxylic acids is 3. The van der Waals surface area contributed by atoms with Crippen LogP contribution in [0.3, 0.4) is 0 Å². The van der Waals surface area contributed by atoms with E-state index < -0.39 is 17.8 Å². The number of allylic oxidation sites excluding steroid dienone is 2. The number of imide groups is 1. The lowest BCUT2D eigenvalue weighted by Crippen LogP contribution is -2.52. The van der Waals surface area contributed by atoms with Crippen molar-refractivity contribution >= 4 is 34.8 Å². The van der Waals surface area contributed by atoms with Crippen molar-refractivity contribution in [2.75, 3.05) is 88.4 Å². The van der Waals surface area contributed by atoms with Gasteiger partial charge in [0.25, 0.3) is 5.91 Å². The van der Waals surface area contributed by atoms with Gasteiger partial charge in [-0.25, -0.2) is 14.4 Å². The SMILES string of the molecule is CC(N)=C(c1ccccc1)c1nc(-c2cccc(CC/C(N)=C/NCCN3CCN(c4cc(F)cc5c4CN(C4CCC(=O)NC4=O)C5=O)CC3)c2)cc(N2CCN(CCO)CC2)n1. The summed E-state index contributed by atoms with van der Waals surface area (Å²) in [5.41, 5.74) is 20.8. The Bertz CT molecular complexity index is 2410. The minimum Gasteiger partial charge on any atom is -0.402 e. The number of hydrogen-bond acceptors (Lipinski definition) is 13. The number of aliphatic hydroxyl groups excluding tert-OH is 1. The van der Waals surface area contributed by atoms with Crippen LogP contribution in [0.2, 0.25) is 0 Å². The summed E-state index contributed by atoms with van der Waals surface area (Å²) in [7, 11) is 0. The number of fused-ring (bicyclic) bond motifs is 1. The molecule has 1 aromatic heterocycles. The van der Waals surface area contributed by atoms with Crippen LogP contribution in [-0.2, 0) is 22.6 Å². The van der Waals surface area contributed by atoms with Gasteiger partial charge in [-0.2, -0.15) is 0 Å². The third kappa shape index (κ3) is 10.2. The maximum atomic E-state index is 14.9. The number of piperidine rings is 1. The topological polar surface area (TPSA) is 190 Å². The highest BCUT2D eigenvalue weighted by Gasteiger charge is 2.41. The molecule has 8 rings (SSSR count). The average molecular weight is 872 g/mol. The summed E-state index contributed by atoms with van der Waals surface area (Å²) in [6.07, 6.45) is 3.72. The molecule has 4 aliphatic heterocycles. The molecule has 336 valence electrons. The third-order valence-electron chi connectivity index (χ3n) is 12.6. The van der Waals surface area contributed by atoms with Crippen molar-refractivity contribution in [3.63, 3.8) is 0 Å². The second-order valence-electron chi connectivity index (χ2n) is 17.0. The molecule has 1 unspecified atom stereocenters. The molecule has 16 heteroatoms. The second-order valence-corrected chi connectivity index (χ2v) is 17.0. The summed E-state index contributed by atoms with van der Waals surface area (Å²) in [5, 5.41) is 15.2. The quantitative estimate of drug-likeness (QED) is 0.0868. The minimum atomic E-state index is -0.749. The molecule has 3 saturated heterocycles. The summed E-state index contributed by atoms with van der Waals surface area (Å²) in [5.74, 6) is -0.271. The van der Waals surface area contributed by atoms with E-state index in [2.05, 4.69) is 60.6 Å². The number of rotatable bonds is 15. The van der Waals surface area contributed by atoms with Gasteiger partial charge in [0, 0.05) is 137 Å². The molecule has 5 heterocycles. The lowest BCUT2D eigenvalue weighted by atomic mass is 10.0. The predicted octanol–water partition coefficient (Wildman–Crippen LogP) is 3.04. The highest BCUT2D eigenvalue weighted by molar-refractivity contribution is 6.06. The van der Waals surface area contributed by atoms with Gasteiger partial charge in [-0.15, -0.1) is 0 Å². The molecule has 15 nitrogen and oxygen atoms in total. The summed E-state index contributed by atoms with van der Waals surface area (Å²) >= 11 is 0. The van der Waals surface area contributed by atoms with E-state index in [1.54, 1.807) is 0 Å². The van der Waals surface area contributed by atoms with Crippen molar-refractivity contribution in [3.8, 4) is 11.3 Å². The molecular weight excluding hydrogens is 814 g/mol. The van der Waals surface area contributed by atoms with Gasteiger partial charge in [0.15, 0.2) is 5.82 Å². The zero-order valence-corrected chi connectivity index (χ0v) is 36.4. The molecule has 3 aromatic carbocycles. The van der Waals surface area contributed by atoms with Gasteiger partial charge in [-0.1, -0.05) is 48.5 Å². The summed E-state index contributed by atoms with van der Waals surface area (Å²) in [6, 6.07) is 22.5. The van der Waals surface area contributed by atoms with Crippen molar-refractivity contribution in [1.29, 1.82) is 0 Å². The number of carbonyl (C=O) groups is 3. The highest BCUT2D eigenvalue weighted by Crippen LogP contribution is 2.36. The molecule has 0 saturated carbocycles. The van der Waals surface area contributed by atoms with E-state index in [9.17, 15) is 23.9 Å². The molecule has 0 radical (unpaired) electrons. The van der Waals surface area contributed by atoms with Crippen LogP contribution in [0.4, 0.5) is 15.9 Å². The number of aryl methyl sites for hydroxylation is 1. The number of nitrogens with one attached hydrogen (secondary N) is 2. The zero-order valence-electron chi connectivity index (χ0n) is 36.4. The van der Waals surface area contributed by atoms with Gasteiger partial charge < -0.3 is 36.6 Å². The van der Waals surface area contributed by atoms with Gasteiger partial charge in [-0.05, 0) is 55.5 Å². The largest absolute Gasteiger partial charge is 0.402 e. The van der Waals surface area contributed by atoms with Crippen molar-refractivity contribution in [2.45, 2.75) is 45.2 Å². The van der Waals surface area contributed by atoms with Crippen LogP contribution >= 0.6 is 0 Å². The fourth-order valence-corrected chi connectivity index (χ4v) is 9.11. The van der Waals surface area contributed by atoms with Crippen molar-refractivity contribution in [1.82, 2.24) is 35.3 Å². The van der Waals surface area contributed by atoms with E-state index in [0.29, 0.717) is 49.8 Å². The van der Waals surface area contributed by atoms with E-state index >= 15 is 0 Å². The van der Waals surface area contributed by atoms with Gasteiger partial charge >= 0.3 is 0 Å². The Morgan fingerprint density at radius 3 is 2.34 bits per heavy atom. The fraction of sp³-hybridized carbons (Fsp3) is 0.396. The molecule has 3 amide bonds. The van der Waals surface area contributed by atoms with Crippen LogP contribution < -0.4 is 31.9 Å². The Morgan fingerprint density at radius 2 is 1.62 bits per heavy atom. The van der Waals surface area contributed by atoms with Crippen LogP contribution in [0.25, 0.3) is 16.8 Å². The number of aromatic nitrogens is 2. The zero-order chi connectivity index (χ0) is 44.7. The number of anilines is 2. The first-order chi connectivity index (χ1) is 31.0. The van der Waals surface area contributed by atoms with Gasteiger partial charge in [0.05, 0.1) is 12.3 Å². The second kappa shape index (κ2) is 20.0. The fourth-order valence-electron chi connectivity index (χ4n) is 9.11. The number of piperazine rings is 2. The molecule has 7 N–H and O–H groups in total. The first-order valence-corrected chi connectivity index (χ1v) is 22.3. The van der Waals surface area contributed by atoms with E-state index in [1.807, 2.05) is 43.5 Å². The first-order valence-electron chi connectivity index (χ1n) is 22.3. The Morgan fingerprint density at radius 1 is 0.891 bits per heavy atom. The van der Waals surface area contributed by atoms with Gasteiger partial charge in [0.2, 0.25) is 11.8 Å². The summed E-state index contributed by atoms with van der Waals surface area (Å²) in [4.78, 5) is 58.2. The highest BCUT2D eigenvalue weighted by atomic mass is 19.1. The van der Waals surface area contributed by atoms with Crippen LogP contribution in [0, 0.1) is 5.82 Å². The number of β-amino-alcohol motifs (C(OH)–C–C–N with tert-alkyl or cyclic N) is 1. The molecule has 0 spiro atoms. The molecule has 0 bridgehead atoms. The monoisotopic (exact) mass is 871 g/mol. The predicted molar refractivity (Wildman–Crippen MR) is 245 cm³/mol. The first kappa shape index (κ1) is 44.3. The van der Waals surface area contributed by atoms with Crippen molar-refractivity contribution < 1.29 is 23.9 Å². The molecule has 64 heavy (non-hydrogen) atoms. The maximum absolute atomic E-state index is 14.9. The third-order valence-corrected chi connectivity index (χ3v) is 12.6. The number of nitrogens with two attached hydrogens (primary N) is 2. The number of nitrogens with zero attached hydrogens (tertiary/aromatic N) is 7. The van der Waals surface area contributed by atoms with Crippen molar-refractivity contribution in [2.24, 2.45) is 11.5 Å². The van der Waals surface area contributed by atoms with Crippen LogP contribution in [0.5, 0.6) is 0 Å². The smallest absolute Gasteiger partial charge is 0.255 e. The van der Waals surface area contributed by atoms with E-state index in [0.717, 1.165) is 97.3 Å². The number of halogens is 1. The van der Waals surface area contributed by atoms with Gasteiger partial charge in [0.1, 0.15) is 17.7 Å². The number of amides is 3. The Kier molecular flexibility index (Phi) is 13.8. The van der Waals surface area contributed by atoms with E-state index in [1.165, 1.54) is 17.0 Å². The molecule has 4 aliphatic rings. The van der Waals surface area contributed by atoms with Crippen LogP contribution in [-0.4, -0.2) is 132 Å². The van der Waals surface area contributed by atoms with Crippen LogP contribution in [0.15, 0.2) is 90.4 Å². The van der Waals surface area contributed by atoms with E-state index in [4.69, 9.17) is 21.4 Å². The molecular formula is C48H58FN11O4. The molecule has 1 atom stereocenters. The number of benzene rings is 3. The lowest BCUT2D eigenvalue weighted by Gasteiger charge is -2.37. The molecule has 0 aliphatic carbocycles. The Hall–Kier alpha value is -6.36. The number of aliphatic hydroxyl groups is 1. The van der Waals surface area contributed by atoms with E-state index in [-0.39, 0.29) is 43.4 Å². The normalized spacial score (nSPS) is 19.2. The molecule has 4 aromatic rings. The minimum absolute atomic E-state index is 0.143. The standard InChI is InChI=1S/C48H58FN11O4/c1-32(50)45(34-7-3-2-4-8-34)46-53-40(29-43(54-46)59-22-18-57(19-23-59)24-25-61)35-9-5-6-33(26-35)10-11-37(51)30-52-14-15-56-16-20-58(21-17-56)42-28-36(49)27-38-39(42)31-60(48(38)64)41-12-13-44(62)55-47(41)63/h2-9,26-30,41,52,61H,10-25,31,50-51H2,1H3,(H,55,62,63)/b37-30-,45-32?. The summed E-state index contributed by atoms with van der Waals surface area (Å²) in [6.45, 7) is 10.5. The van der Waals surface area contributed by atoms with Crippen LogP contribution in [0.1, 0.15) is 59.1 Å². The average Bonchev–Trinajstić information content (AvgIpc) is 3.62. The Balaban J connectivity index is 0.856.